The predicted molar refractivity (Wildman–Crippen MR) is 48.9 cm³/mol. The van der Waals surface area contributed by atoms with Crippen LogP contribution in [0.4, 0.5) is 5.69 Å². The highest BCUT2D eigenvalue weighted by Gasteiger charge is 2.06. The summed E-state index contributed by atoms with van der Waals surface area (Å²) < 4.78 is 0. The topological polar surface area (TPSA) is 62.5 Å². The summed E-state index contributed by atoms with van der Waals surface area (Å²) in [6.07, 6.45) is 3.12. The van der Waals surface area contributed by atoms with Crippen LogP contribution in [0.3, 0.4) is 0 Å². The largest absolute Gasteiger partial charge is 0.506 e. The fourth-order valence-electron chi connectivity index (χ4n) is 1.23. The minimum Gasteiger partial charge on any atom is -0.506 e. The summed E-state index contributed by atoms with van der Waals surface area (Å²) in [5.41, 5.74) is 0.0469. The smallest absolute Gasteiger partial charge is 0.158 e. The number of nitrogens with zero attached hydrogens (tertiary/aromatic N) is 2. The molecule has 1 heterocycles. The highest BCUT2D eigenvalue weighted by molar-refractivity contribution is 5.94. The SMILES string of the molecule is O=Nc1c(O)ccc2ccncc12. The van der Waals surface area contributed by atoms with E-state index in [-0.39, 0.29) is 11.4 Å². The van der Waals surface area contributed by atoms with Crippen LogP contribution < -0.4 is 0 Å². The maximum Gasteiger partial charge on any atom is 0.158 e. The Balaban J connectivity index is 2.91. The van der Waals surface area contributed by atoms with Crippen molar-refractivity contribution in [2.45, 2.75) is 0 Å². The standard InChI is InChI=1S/C9H6N2O2/c12-8-2-1-6-3-4-10-5-7(6)9(8)11-13/h1-5,12H. The first-order chi connectivity index (χ1) is 6.33. The zero-order chi connectivity index (χ0) is 9.26. The predicted octanol–water partition coefficient (Wildman–Crippen LogP) is 2.34. The third-order valence-corrected chi connectivity index (χ3v) is 1.86. The Morgan fingerprint density at radius 3 is 2.92 bits per heavy atom. The molecule has 64 valence electrons. The molecule has 1 aromatic heterocycles. The van der Waals surface area contributed by atoms with E-state index in [9.17, 15) is 10.0 Å². The number of nitroso groups, excluding NO2 is 1. The van der Waals surface area contributed by atoms with Crippen LogP contribution in [0.5, 0.6) is 5.75 Å². The summed E-state index contributed by atoms with van der Waals surface area (Å²) >= 11 is 0. The van der Waals surface area contributed by atoms with Gasteiger partial charge < -0.3 is 5.11 Å². The summed E-state index contributed by atoms with van der Waals surface area (Å²) in [4.78, 5) is 14.3. The van der Waals surface area contributed by atoms with Crippen molar-refractivity contribution in [3.05, 3.63) is 35.5 Å². The molecule has 0 saturated heterocycles. The maximum atomic E-state index is 10.4. The molecule has 0 saturated carbocycles. The number of phenolic OH excluding ortho intramolecular Hbond substituents is 1. The van der Waals surface area contributed by atoms with Crippen LogP contribution in [-0.2, 0) is 0 Å². The van der Waals surface area contributed by atoms with E-state index in [0.717, 1.165) is 5.39 Å². The lowest BCUT2D eigenvalue weighted by Crippen LogP contribution is -1.76. The molecule has 0 unspecified atom stereocenters. The van der Waals surface area contributed by atoms with Gasteiger partial charge in [-0.05, 0) is 22.7 Å². The molecule has 0 aliphatic carbocycles. The Bertz CT molecular complexity index is 468. The zero-order valence-electron chi connectivity index (χ0n) is 6.64. The Morgan fingerprint density at radius 2 is 2.15 bits per heavy atom. The second kappa shape index (κ2) is 2.82. The average molecular weight is 174 g/mol. The number of rotatable bonds is 1. The van der Waals surface area contributed by atoms with E-state index in [4.69, 9.17) is 0 Å². The second-order valence-corrected chi connectivity index (χ2v) is 2.62. The lowest BCUT2D eigenvalue weighted by atomic mass is 10.1. The van der Waals surface area contributed by atoms with E-state index in [2.05, 4.69) is 10.2 Å². The zero-order valence-corrected chi connectivity index (χ0v) is 6.64. The van der Waals surface area contributed by atoms with Gasteiger partial charge in [-0.2, -0.15) is 0 Å². The summed E-state index contributed by atoms with van der Waals surface area (Å²) in [5, 5.41) is 13.4. The highest BCUT2D eigenvalue weighted by atomic mass is 16.3. The molecule has 2 aromatic rings. The molecule has 4 nitrogen and oxygen atoms in total. The van der Waals surface area contributed by atoms with E-state index in [1.807, 2.05) is 0 Å². The molecule has 2 rings (SSSR count). The number of hydrogen-bond acceptors (Lipinski definition) is 4. The number of pyridine rings is 1. The number of hydrogen-bond donors (Lipinski definition) is 1. The van der Waals surface area contributed by atoms with Crippen LogP contribution in [0.15, 0.2) is 35.8 Å². The molecule has 4 heteroatoms. The van der Waals surface area contributed by atoms with Crippen LogP contribution in [0.2, 0.25) is 0 Å². The van der Waals surface area contributed by atoms with E-state index in [1.165, 1.54) is 12.3 Å². The van der Waals surface area contributed by atoms with Crippen molar-refractivity contribution in [2.24, 2.45) is 5.18 Å². The summed E-state index contributed by atoms with van der Waals surface area (Å²) in [6.45, 7) is 0. The van der Waals surface area contributed by atoms with Gasteiger partial charge in [-0.3, -0.25) is 4.98 Å². The fourth-order valence-corrected chi connectivity index (χ4v) is 1.23. The number of phenols is 1. The van der Waals surface area contributed by atoms with Crippen molar-refractivity contribution in [1.82, 2.24) is 4.98 Å². The van der Waals surface area contributed by atoms with Crippen molar-refractivity contribution in [3.8, 4) is 5.75 Å². The molecule has 0 spiro atoms. The lowest BCUT2D eigenvalue weighted by molar-refractivity contribution is 0.477. The molecular formula is C9H6N2O2. The summed E-state index contributed by atoms with van der Waals surface area (Å²) in [6, 6.07) is 4.91. The maximum absolute atomic E-state index is 10.4. The molecule has 0 fully saturated rings. The van der Waals surface area contributed by atoms with Gasteiger partial charge in [-0.25, -0.2) is 0 Å². The molecule has 0 radical (unpaired) electrons. The van der Waals surface area contributed by atoms with Crippen molar-refractivity contribution < 1.29 is 5.11 Å². The molecule has 1 N–H and O–H groups in total. The van der Waals surface area contributed by atoms with Crippen LogP contribution in [0.1, 0.15) is 0 Å². The summed E-state index contributed by atoms with van der Waals surface area (Å²) in [7, 11) is 0. The van der Waals surface area contributed by atoms with Crippen LogP contribution >= 0.6 is 0 Å². The molecular weight excluding hydrogens is 168 g/mol. The highest BCUT2D eigenvalue weighted by Crippen LogP contribution is 2.33. The van der Waals surface area contributed by atoms with Crippen LogP contribution in [-0.4, -0.2) is 10.1 Å². The van der Waals surface area contributed by atoms with E-state index >= 15 is 0 Å². The first-order valence-electron chi connectivity index (χ1n) is 3.72. The van der Waals surface area contributed by atoms with Gasteiger partial charge in [0.15, 0.2) is 5.69 Å². The van der Waals surface area contributed by atoms with Gasteiger partial charge in [0.05, 0.1) is 0 Å². The molecule has 0 aliphatic rings. The van der Waals surface area contributed by atoms with Crippen LogP contribution in [0, 0.1) is 4.91 Å². The van der Waals surface area contributed by atoms with Gasteiger partial charge in [0.1, 0.15) is 5.75 Å². The fraction of sp³-hybridized carbons (Fsp3) is 0. The Kier molecular flexibility index (Phi) is 1.66. The number of aromatic nitrogens is 1. The molecule has 1 aromatic carbocycles. The van der Waals surface area contributed by atoms with E-state index in [1.54, 1.807) is 18.3 Å². The van der Waals surface area contributed by atoms with Gasteiger partial charge in [0, 0.05) is 17.8 Å². The molecule has 0 atom stereocenters. The van der Waals surface area contributed by atoms with Gasteiger partial charge in [0.2, 0.25) is 0 Å². The summed E-state index contributed by atoms with van der Waals surface area (Å²) in [5.74, 6) is -0.115. The van der Waals surface area contributed by atoms with Gasteiger partial charge >= 0.3 is 0 Å². The third kappa shape index (κ3) is 1.12. The first-order valence-corrected chi connectivity index (χ1v) is 3.72. The Hall–Kier alpha value is -1.97. The molecule has 13 heavy (non-hydrogen) atoms. The molecule has 0 amide bonds. The van der Waals surface area contributed by atoms with Crippen molar-refractivity contribution in [2.75, 3.05) is 0 Å². The Morgan fingerprint density at radius 1 is 1.31 bits per heavy atom. The lowest BCUT2D eigenvalue weighted by Gasteiger charge is -2.00. The number of aromatic hydroxyl groups is 1. The van der Waals surface area contributed by atoms with E-state index in [0.29, 0.717) is 5.39 Å². The van der Waals surface area contributed by atoms with Gasteiger partial charge in [-0.15, -0.1) is 4.91 Å². The van der Waals surface area contributed by atoms with Crippen molar-refractivity contribution in [1.29, 1.82) is 0 Å². The van der Waals surface area contributed by atoms with E-state index < -0.39 is 0 Å². The third-order valence-electron chi connectivity index (χ3n) is 1.86. The molecule has 0 aliphatic heterocycles. The Labute approximate surface area is 73.8 Å². The average Bonchev–Trinajstić information content (AvgIpc) is 2.18. The number of fused-ring (bicyclic) bond motifs is 1. The normalized spacial score (nSPS) is 10.2. The monoisotopic (exact) mass is 174 g/mol. The van der Waals surface area contributed by atoms with Crippen molar-refractivity contribution >= 4 is 16.5 Å². The first kappa shape index (κ1) is 7.67. The van der Waals surface area contributed by atoms with Crippen molar-refractivity contribution in [3.63, 3.8) is 0 Å². The quantitative estimate of drug-likeness (QED) is 0.675. The van der Waals surface area contributed by atoms with Gasteiger partial charge in [0.25, 0.3) is 0 Å². The molecule has 0 bridgehead atoms. The van der Waals surface area contributed by atoms with Gasteiger partial charge in [-0.1, -0.05) is 6.07 Å². The van der Waals surface area contributed by atoms with Crippen LogP contribution in [0.25, 0.3) is 10.8 Å². The minimum atomic E-state index is -0.115. The second-order valence-electron chi connectivity index (χ2n) is 2.62. The minimum absolute atomic E-state index is 0.0469. The number of benzene rings is 1.